The molecule has 0 unspecified atom stereocenters. The van der Waals surface area contributed by atoms with Gasteiger partial charge in [0.15, 0.2) is 0 Å². The highest BCUT2D eigenvalue weighted by molar-refractivity contribution is 5.90. The summed E-state index contributed by atoms with van der Waals surface area (Å²) >= 11 is 0. The average molecular weight is 354 g/mol. The predicted molar refractivity (Wildman–Crippen MR) is 101 cm³/mol. The fourth-order valence-corrected chi connectivity index (χ4v) is 2.72. The molecule has 0 spiro atoms. The number of aryl methyl sites for hydroxylation is 1. The Bertz CT molecular complexity index is 928. The quantitative estimate of drug-likeness (QED) is 0.496. The average Bonchev–Trinajstić information content (AvgIpc) is 3.00. The van der Waals surface area contributed by atoms with Crippen LogP contribution in [-0.2, 0) is 11.2 Å². The zero-order valence-electron chi connectivity index (χ0n) is 14.4. The van der Waals surface area contributed by atoms with E-state index in [2.05, 4.69) is 15.3 Å². The van der Waals surface area contributed by atoms with Gasteiger partial charge in [0, 0.05) is 18.7 Å². The maximum Gasteiger partial charge on any atom is 0.323 e. The van der Waals surface area contributed by atoms with Gasteiger partial charge in [0.25, 0.3) is 0 Å². The summed E-state index contributed by atoms with van der Waals surface area (Å²) in [6.07, 6.45) is 1.92. The van der Waals surface area contributed by atoms with E-state index >= 15 is 0 Å². The van der Waals surface area contributed by atoms with E-state index in [1.165, 1.54) is 0 Å². The Labute approximate surface area is 150 Å². The molecular weight excluding hydrogens is 332 g/mol. The topological polar surface area (TPSA) is 113 Å². The van der Waals surface area contributed by atoms with Gasteiger partial charge in [0.1, 0.15) is 12.4 Å². The summed E-state index contributed by atoms with van der Waals surface area (Å²) in [7, 11) is 0. The number of amides is 1. The van der Waals surface area contributed by atoms with Gasteiger partial charge in [0.2, 0.25) is 5.91 Å². The number of aromatic nitrogens is 2. The van der Waals surface area contributed by atoms with Gasteiger partial charge in [-0.25, -0.2) is 4.79 Å². The van der Waals surface area contributed by atoms with E-state index in [1.54, 1.807) is 24.3 Å². The molecule has 0 radical (unpaired) electrons. The molecular formula is C19H22N4O3. The number of fused-ring (bicyclic) bond motifs is 1. The Morgan fingerprint density at radius 2 is 1.85 bits per heavy atom. The molecule has 0 aliphatic rings. The molecule has 0 bridgehead atoms. The van der Waals surface area contributed by atoms with Gasteiger partial charge in [-0.05, 0) is 54.8 Å². The number of imidazole rings is 1. The minimum atomic E-state index is -0.212. The second kappa shape index (κ2) is 8.35. The molecule has 5 N–H and O–H groups in total. The first kappa shape index (κ1) is 17.8. The third-order valence-corrected chi connectivity index (χ3v) is 3.97. The van der Waals surface area contributed by atoms with E-state index < -0.39 is 0 Å². The third-order valence-electron chi connectivity index (χ3n) is 3.97. The van der Waals surface area contributed by atoms with Crippen LogP contribution >= 0.6 is 0 Å². The molecule has 7 heteroatoms. The van der Waals surface area contributed by atoms with Gasteiger partial charge in [-0.1, -0.05) is 6.07 Å². The Morgan fingerprint density at radius 3 is 2.62 bits per heavy atom. The molecule has 1 aromatic heterocycles. The highest BCUT2D eigenvalue weighted by atomic mass is 16.5. The largest absolute Gasteiger partial charge is 0.492 e. The van der Waals surface area contributed by atoms with Gasteiger partial charge in [0.05, 0.1) is 11.0 Å². The zero-order valence-corrected chi connectivity index (χ0v) is 14.4. The fraction of sp³-hybridized carbons (Fsp3) is 0.263. The van der Waals surface area contributed by atoms with Gasteiger partial charge in [-0.3, -0.25) is 4.79 Å². The molecule has 0 saturated heterocycles. The van der Waals surface area contributed by atoms with Crippen molar-refractivity contribution in [2.24, 2.45) is 5.73 Å². The summed E-state index contributed by atoms with van der Waals surface area (Å²) in [4.78, 5) is 28.8. The smallest absolute Gasteiger partial charge is 0.323 e. The third kappa shape index (κ3) is 4.73. The molecule has 1 heterocycles. The van der Waals surface area contributed by atoms with Crippen molar-refractivity contribution in [1.82, 2.24) is 9.97 Å². The molecule has 7 nitrogen and oxygen atoms in total. The number of nitrogens with one attached hydrogen (secondary N) is 3. The fourth-order valence-electron chi connectivity index (χ4n) is 2.72. The summed E-state index contributed by atoms with van der Waals surface area (Å²) in [6.45, 7) is 0.930. The number of aromatic amines is 2. The Balaban J connectivity index is 1.46. The predicted octanol–water partition coefficient (Wildman–Crippen LogP) is 2.16. The van der Waals surface area contributed by atoms with Crippen molar-refractivity contribution < 1.29 is 9.53 Å². The lowest BCUT2D eigenvalue weighted by atomic mass is 10.1. The van der Waals surface area contributed by atoms with Crippen molar-refractivity contribution in [3.63, 3.8) is 0 Å². The molecule has 0 aliphatic carbocycles. The molecule has 3 rings (SSSR count). The zero-order chi connectivity index (χ0) is 18.4. The van der Waals surface area contributed by atoms with Crippen molar-refractivity contribution in [3.8, 4) is 5.75 Å². The molecule has 0 atom stereocenters. The number of rotatable bonds is 8. The number of ether oxygens (including phenoxy) is 1. The Kier molecular flexibility index (Phi) is 5.70. The van der Waals surface area contributed by atoms with Crippen molar-refractivity contribution in [2.45, 2.75) is 19.3 Å². The van der Waals surface area contributed by atoms with Crippen LogP contribution < -0.4 is 21.5 Å². The highest BCUT2D eigenvalue weighted by Crippen LogP contribution is 2.16. The second-order valence-electron chi connectivity index (χ2n) is 6.02. The number of carbonyl (C=O) groups is 1. The Hall–Kier alpha value is -3.06. The number of hydrogen-bond acceptors (Lipinski definition) is 4. The van der Waals surface area contributed by atoms with Crippen LogP contribution in [0.25, 0.3) is 11.0 Å². The van der Waals surface area contributed by atoms with E-state index in [4.69, 9.17) is 10.5 Å². The molecule has 26 heavy (non-hydrogen) atoms. The van der Waals surface area contributed by atoms with Gasteiger partial charge in [-0.15, -0.1) is 0 Å². The monoisotopic (exact) mass is 354 g/mol. The molecule has 1 amide bonds. The van der Waals surface area contributed by atoms with E-state index in [-0.39, 0.29) is 11.6 Å². The van der Waals surface area contributed by atoms with Gasteiger partial charge in [-0.2, -0.15) is 0 Å². The lowest BCUT2D eigenvalue weighted by molar-refractivity contribution is -0.116. The number of benzene rings is 2. The van der Waals surface area contributed by atoms with Crippen LogP contribution in [0.4, 0.5) is 5.69 Å². The van der Waals surface area contributed by atoms with Gasteiger partial charge < -0.3 is 25.8 Å². The number of nitrogens with two attached hydrogens (primary N) is 1. The summed E-state index contributed by atoms with van der Waals surface area (Å²) in [5.74, 6) is 0.698. The van der Waals surface area contributed by atoms with E-state index in [0.717, 1.165) is 40.9 Å². The standard InChI is InChI=1S/C19H22N4O3/c20-10-11-26-15-7-5-14(6-8-15)21-18(24)3-1-2-13-4-9-16-17(12-13)23-19(25)22-16/h4-9,12H,1-3,10-11,20H2,(H,21,24)(H2,22,23,25). The summed E-state index contributed by atoms with van der Waals surface area (Å²) in [5.41, 5.74) is 8.57. The van der Waals surface area contributed by atoms with Crippen molar-refractivity contribution in [3.05, 3.63) is 58.5 Å². The van der Waals surface area contributed by atoms with Crippen LogP contribution in [0.3, 0.4) is 0 Å². The normalized spacial score (nSPS) is 10.8. The van der Waals surface area contributed by atoms with Crippen molar-refractivity contribution >= 4 is 22.6 Å². The molecule has 2 aromatic carbocycles. The van der Waals surface area contributed by atoms with Crippen LogP contribution in [0.15, 0.2) is 47.3 Å². The first-order valence-electron chi connectivity index (χ1n) is 8.58. The molecule has 0 fully saturated rings. The van der Waals surface area contributed by atoms with Crippen molar-refractivity contribution in [1.29, 1.82) is 0 Å². The van der Waals surface area contributed by atoms with Crippen LogP contribution in [0, 0.1) is 0 Å². The van der Waals surface area contributed by atoms with Crippen LogP contribution in [0.5, 0.6) is 5.75 Å². The maximum atomic E-state index is 12.1. The Morgan fingerprint density at radius 1 is 1.08 bits per heavy atom. The summed E-state index contributed by atoms with van der Waals surface area (Å²) in [6, 6.07) is 13.0. The van der Waals surface area contributed by atoms with E-state index in [9.17, 15) is 9.59 Å². The van der Waals surface area contributed by atoms with Crippen LogP contribution in [0.2, 0.25) is 0 Å². The lowest BCUT2D eigenvalue weighted by Gasteiger charge is -2.08. The number of carbonyl (C=O) groups excluding carboxylic acids is 1. The number of hydrogen-bond donors (Lipinski definition) is 4. The van der Waals surface area contributed by atoms with Gasteiger partial charge >= 0.3 is 5.69 Å². The minimum Gasteiger partial charge on any atom is -0.492 e. The first-order chi connectivity index (χ1) is 12.6. The molecule has 0 aliphatic heterocycles. The first-order valence-corrected chi connectivity index (χ1v) is 8.58. The lowest BCUT2D eigenvalue weighted by Crippen LogP contribution is -2.12. The van der Waals surface area contributed by atoms with Crippen LogP contribution in [0.1, 0.15) is 18.4 Å². The minimum absolute atomic E-state index is 0.0308. The second-order valence-corrected chi connectivity index (χ2v) is 6.02. The maximum absolute atomic E-state index is 12.1. The summed E-state index contributed by atoms with van der Waals surface area (Å²) < 4.78 is 5.40. The number of H-pyrrole nitrogens is 2. The van der Waals surface area contributed by atoms with E-state index in [0.29, 0.717) is 19.6 Å². The molecule has 3 aromatic rings. The van der Waals surface area contributed by atoms with Crippen molar-refractivity contribution in [2.75, 3.05) is 18.5 Å². The van der Waals surface area contributed by atoms with Crippen LogP contribution in [-0.4, -0.2) is 29.0 Å². The van der Waals surface area contributed by atoms with E-state index in [1.807, 2.05) is 18.2 Å². The molecule has 136 valence electrons. The highest BCUT2D eigenvalue weighted by Gasteiger charge is 2.05. The SMILES string of the molecule is NCCOc1ccc(NC(=O)CCCc2ccc3[nH]c(=O)[nH]c3c2)cc1. The summed E-state index contributed by atoms with van der Waals surface area (Å²) in [5, 5.41) is 2.87. The molecule has 0 saturated carbocycles. The number of anilines is 1.